The van der Waals surface area contributed by atoms with Crippen LogP contribution in [-0.2, 0) is 0 Å². The van der Waals surface area contributed by atoms with Crippen LogP contribution in [0.3, 0.4) is 0 Å². The minimum Gasteiger partial charge on any atom is -0.125 e. The third-order valence-electron chi connectivity index (χ3n) is 2.19. The zero-order chi connectivity index (χ0) is 12.1. The third-order valence-corrected chi connectivity index (χ3v) is 6.34. The van der Waals surface area contributed by atoms with Crippen LogP contribution in [0.2, 0.25) is 0 Å². The van der Waals surface area contributed by atoms with Crippen LogP contribution in [0.1, 0.15) is 20.3 Å². The van der Waals surface area contributed by atoms with Crippen molar-refractivity contribution in [2.45, 2.75) is 35.3 Å². The van der Waals surface area contributed by atoms with E-state index in [1.54, 1.807) is 0 Å². The summed E-state index contributed by atoms with van der Waals surface area (Å²) >= 11 is 24.9. The molecule has 0 rings (SSSR count). The summed E-state index contributed by atoms with van der Waals surface area (Å²) in [6.07, 6.45) is 2.83. The lowest BCUT2D eigenvalue weighted by atomic mass is 10.0. The lowest BCUT2D eigenvalue weighted by Crippen LogP contribution is -2.30. The molecule has 0 aliphatic carbocycles. The molecule has 0 saturated carbocycles. The smallest absolute Gasteiger partial charge is 0.0639 e. The Labute approximate surface area is 124 Å². The van der Waals surface area contributed by atoms with Gasteiger partial charge in [0.05, 0.1) is 15.1 Å². The van der Waals surface area contributed by atoms with E-state index in [2.05, 4.69) is 37.9 Å². The second kappa shape index (κ2) is 7.81. The Morgan fingerprint density at radius 1 is 1.47 bits per heavy atom. The SMILES string of the molecule is C/C(=C\C[C@@H](Cl)[C@@](C)(Br)CCl)[C@@H](Cl)CBr. The summed E-state index contributed by atoms with van der Waals surface area (Å²) in [5, 5.41) is 0.751. The van der Waals surface area contributed by atoms with Gasteiger partial charge < -0.3 is 0 Å². The molecule has 0 N–H and O–H groups in total. The molecule has 0 spiro atoms. The second-order valence-electron chi connectivity index (χ2n) is 3.68. The molecule has 90 valence electrons. The molecule has 0 unspecified atom stereocenters. The van der Waals surface area contributed by atoms with Gasteiger partial charge in [0.25, 0.3) is 0 Å². The molecular weight excluding hydrogens is 386 g/mol. The summed E-state index contributed by atoms with van der Waals surface area (Å²) in [5.41, 5.74) is 1.14. The van der Waals surface area contributed by atoms with Gasteiger partial charge in [-0.3, -0.25) is 0 Å². The summed E-state index contributed by atoms with van der Waals surface area (Å²) in [7, 11) is 0. The molecule has 0 aromatic rings. The second-order valence-corrected chi connectivity index (χ2v) is 7.46. The Morgan fingerprint density at radius 2 is 2.00 bits per heavy atom. The van der Waals surface area contributed by atoms with Gasteiger partial charge in [-0.05, 0) is 20.3 Å². The first-order valence-corrected chi connectivity index (χ1v) is 7.93. The van der Waals surface area contributed by atoms with Crippen LogP contribution in [0.4, 0.5) is 0 Å². The van der Waals surface area contributed by atoms with Crippen molar-refractivity contribution in [3.05, 3.63) is 11.6 Å². The van der Waals surface area contributed by atoms with E-state index in [9.17, 15) is 0 Å². The zero-order valence-corrected chi connectivity index (χ0v) is 14.2. The van der Waals surface area contributed by atoms with Crippen molar-refractivity contribution >= 4 is 66.7 Å². The molecule has 0 fully saturated rings. The normalized spacial score (nSPS) is 20.9. The van der Waals surface area contributed by atoms with Crippen molar-refractivity contribution in [2.24, 2.45) is 0 Å². The molecule has 0 heterocycles. The maximum Gasteiger partial charge on any atom is 0.0639 e. The highest BCUT2D eigenvalue weighted by atomic mass is 79.9. The number of allylic oxidation sites excluding steroid dienone is 2. The largest absolute Gasteiger partial charge is 0.125 e. The summed E-state index contributed by atoms with van der Waals surface area (Å²) in [6, 6.07) is 0. The summed E-state index contributed by atoms with van der Waals surface area (Å²) in [4.78, 5) is 0. The fourth-order valence-electron chi connectivity index (χ4n) is 0.868. The van der Waals surface area contributed by atoms with E-state index in [-0.39, 0.29) is 15.1 Å². The summed E-state index contributed by atoms with van der Waals surface area (Å²) in [6.45, 7) is 4.00. The Bertz CT molecular complexity index is 217. The Kier molecular flexibility index (Phi) is 8.63. The van der Waals surface area contributed by atoms with Gasteiger partial charge in [0.1, 0.15) is 0 Å². The van der Waals surface area contributed by atoms with Gasteiger partial charge in [0.15, 0.2) is 0 Å². The lowest BCUT2D eigenvalue weighted by molar-refractivity contribution is 0.675. The van der Waals surface area contributed by atoms with Gasteiger partial charge in [0.2, 0.25) is 0 Å². The third kappa shape index (κ3) is 6.16. The van der Waals surface area contributed by atoms with Crippen LogP contribution in [0.15, 0.2) is 11.6 Å². The van der Waals surface area contributed by atoms with Gasteiger partial charge >= 0.3 is 0 Å². The predicted octanol–water partition coefficient (Wildman–Crippen LogP) is 5.32. The molecule has 0 nitrogen and oxygen atoms in total. The van der Waals surface area contributed by atoms with E-state index >= 15 is 0 Å². The molecule has 0 radical (unpaired) electrons. The fraction of sp³-hybridized carbons (Fsp3) is 0.800. The molecule has 5 heteroatoms. The van der Waals surface area contributed by atoms with E-state index in [1.807, 2.05) is 13.8 Å². The highest BCUT2D eigenvalue weighted by molar-refractivity contribution is 9.10. The molecule has 0 aromatic heterocycles. The topological polar surface area (TPSA) is 0 Å². The van der Waals surface area contributed by atoms with E-state index in [0.717, 1.165) is 17.3 Å². The van der Waals surface area contributed by atoms with Crippen molar-refractivity contribution in [1.82, 2.24) is 0 Å². The van der Waals surface area contributed by atoms with Crippen LogP contribution >= 0.6 is 66.7 Å². The molecule has 0 aliphatic rings. The van der Waals surface area contributed by atoms with Gasteiger partial charge in [-0.25, -0.2) is 0 Å². The molecule has 3 atom stereocenters. The molecule has 0 amide bonds. The van der Waals surface area contributed by atoms with Crippen LogP contribution in [0, 0.1) is 0 Å². The van der Waals surface area contributed by atoms with Crippen molar-refractivity contribution in [3.8, 4) is 0 Å². The van der Waals surface area contributed by atoms with E-state index < -0.39 is 0 Å². The number of rotatable bonds is 6. The van der Waals surface area contributed by atoms with E-state index in [4.69, 9.17) is 34.8 Å². The minimum absolute atomic E-state index is 0.0337. The molecule has 0 aromatic carbocycles. The van der Waals surface area contributed by atoms with Gasteiger partial charge in [-0.1, -0.05) is 43.5 Å². The first-order valence-electron chi connectivity index (χ1n) is 4.60. The zero-order valence-electron chi connectivity index (χ0n) is 8.74. The predicted molar refractivity (Wildman–Crippen MR) is 79.5 cm³/mol. The van der Waals surface area contributed by atoms with Crippen molar-refractivity contribution in [2.75, 3.05) is 11.2 Å². The Morgan fingerprint density at radius 3 is 2.40 bits per heavy atom. The Balaban J connectivity index is 4.26. The number of hydrogen-bond donors (Lipinski definition) is 0. The van der Waals surface area contributed by atoms with Crippen LogP contribution in [0.5, 0.6) is 0 Å². The van der Waals surface area contributed by atoms with Crippen molar-refractivity contribution in [1.29, 1.82) is 0 Å². The van der Waals surface area contributed by atoms with E-state index in [0.29, 0.717) is 5.88 Å². The molecule has 0 aliphatic heterocycles. The first kappa shape index (κ1) is 16.6. The number of hydrogen-bond acceptors (Lipinski definition) is 0. The van der Waals surface area contributed by atoms with Gasteiger partial charge in [0, 0.05) is 11.2 Å². The van der Waals surface area contributed by atoms with Gasteiger partial charge in [-0.15, -0.1) is 34.8 Å². The molecule has 0 saturated heterocycles. The Hall–Kier alpha value is 1.57. The highest BCUT2D eigenvalue weighted by Gasteiger charge is 2.28. The van der Waals surface area contributed by atoms with Crippen LogP contribution < -0.4 is 0 Å². The van der Waals surface area contributed by atoms with Crippen molar-refractivity contribution < 1.29 is 0 Å². The van der Waals surface area contributed by atoms with Gasteiger partial charge in [-0.2, -0.15) is 0 Å². The number of halogens is 5. The standard InChI is InChI=1S/C10H15Br2Cl3/c1-7(8(14)5-11)3-4-9(15)10(2,12)6-13/h3,8-9H,4-6H2,1-2H3/b7-3+/t8-,9+,10-/m0/s1. The molecule has 0 bridgehead atoms. The average molecular weight is 401 g/mol. The monoisotopic (exact) mass is 398 g/mol. The molecule has 15 heavy (non-hydrogen) atoms. The van der Waals surface area contributed by atoms with Crippen molar-refractivity contribution in [3.63, 3.8) is 0 Å². The van der Waals surface area contributed by atoms with Crippen LogP contribution in [-0.4, -0.2) is 26.3 Å². The summed E-state index contributed by atoms with van der Waals surface area (Å²) in [5.74, 6) is 0.483. The maximum atomic E-state index is 6.23. The number of alkyl halides is 5. The quantitative estimate of drug-likeness (QED) is 0.417. The van der Waals surface area contributed by atoms with Crippen LogP contribution in [0.25, 0.3) is 0 Å². The first-order chi connectivity index (χ1) is 6.85. The lowest BCUT2D eigenvalue weighted by Gasteiger charge is -2.24. The minimum atomic E-state index is -0.233. The highest BCUT2D eigenvalue weighted by Crippen LogP contribution is 2.30. The summed E-state index contributed by atoms with van der Waals surface area (Å²) < 4.78 is -0.233. The molecular formula is C10H15Br2Cl3. The fourth-order valence-corrected chi connectivity index (χ4v) is 2.09. The van der Waals surface area contributed by atoms with E-state index in [1.165, 1.54) is 0 Å². The average Bonchev–Trinajstić information content (AvgIpc) is 2.23. The maximum absolute atomic E-state index is 6.23.